The monoisotopic (exact) mass is 1770 g/mol. The van der Waals surface area contributed by atoms with E-state index < -0.39 is 6.04 Å². The van der Waals surface area contributed by atoms with Gasteiger partial charge in [-0.3, -0.25) is 33.1 Å². The van der Waals surface area contributed by atoms with Crippen LogP contribution >= 0.6 is 0 Å². The first-order valence-corrected chi connectivity index (χ1v) is 45.5. The van der Waals surface area contributed by atoms with Crippen LogP contribution in [0.5, 0.6) is 0 Å². The van der Waals surface area contributed by atoms with Gasteiger partial charge in [0.1, 0.15) is 64.0 Å². The van der Waals surface area contributed by atoms with Crippen LogP contribution in [0.2, 0.25) is 0 Å². The second kappa shape index (κ2) is 37.9. The Kier molecular flexibility index (Phi) is 24.8. The van der Waals surface area contributed by atoms with Gasteiger partial charge in [0.25, 0.3) is 0 Å². The standard InChI is InChI=1S/C27H33N9O.C26H31N9O.C22H24N8O.C21H23N7/c1-17-23(16-29-36(17)18(2)26(37)35-14-12-34(3)13-15-35)31-27-32-24-21(10-11-28-24)25(33-27)30-22-9-8-19-6-4-5-7-20(19)22;1-17(25(36)34-13-11-33(2)12-14-34)35-16-19(15-28-35)29-26-31-23-21(9-10-27-23)24(32-26)30-22-8-7-18-5-3-4-6-20(18)22;1-13(21(31)23-2)30-12-15(11-25-30)26-22-28-19-17(9-10-24-19)20(29-22)27-18-8-7-14-5-3-4-6-16(14)18;1-13(2)28-12-15(11-23-28)24-21-26-19-17(9-10-22-19)20(27-21)25-18-8-7-14-5-3-4-6-16(14)18/h4-7,10-11,16,18,22H,8-9,12-15H2,1-3H3,(H3,28,30,31,32,33);3-6,9-10,15-17,22H,7-8,11-14H2,1-2H3,(H3,27,29,30,31,32);3-6,9-13,18H,7-8H2,1-2H3,(H,23,31)(H3,24,26,27,28,29);3-6,9-13,18H,7-8H2,1-2H3,(H3,22,24,25,26,27)/t18?,22-;17?,22-;13?,18-;18-/m0000/s1. The van der Waals surface area contributed by atoms with Crippen molar-refractivity contribution in [2.45, 2.75) is 141 Å². The van der Waals surface area contributed by atoms with Crippen molar-refractivity contribution in [2.75, 3.05) is 116 Å². The van der Waals surface area contributed by atoms with E-state index in [0.29, 0.717) is 35.5 Å². The zero-order valence-electron chi connectivity index (χ0n) is 75.5. The predicted molar refractivity (Wildman–Crippen MR) is 514 cm³/mol. The number of rotatable bonds is 23. The second-order valence-electron chi connectivity index (χ2n) is 35.0. The van der Waals surface area contributed by atoms with Crippen LogP contribution in [0, 0.1) is 6.92 Å². The van der Waals surface area contributed by atoms with Gasteiger partial charge in [0.05, 0.1) is 98.9 Å². The van der Waals surface area contributed by atoms with E-state index in [4.69, 9.17) is 19.9 Å². The van der Waals surface area contributed by atoms with Crippen LogP contribution < -0.4 is 47.9 Å². The third kappa shape index (κ3) is 18.6. The average Bonchev–Trinajstić information content (AvgIpc) is 1.64. The number of aromatic amines is 4. The number of carbonyl (C=O) groups excluding carboxylic acids is 3. The maximum atomic E-state index is 13.1. The fraction of sp³-hybridized carbons (Fsp3) is 0.344. The van der Waals surface area contributed by atoms with Crippen molar-refractivity contribution in [2.24, 2.45) is 0 Å². The Morgan fingerprint density at radius 1 is 0.371 bits per heavy atom. The van der Waals surface area contributed by atoms with Gasteiger partial charge in [0.15, 0.2) is 0 Å². The number of benzene rings is 4. The van der Waals surface area contributed by atoms with Crippen LogP contribution in [0.4, 0.5) is 69.8 Å². The molecule has 3 amide bonds. The minimum absolute atomic E-state index is 0.0881. The Labute approximate surface area is 762 Å². The normalized spacial score (nSPS) is 17.5. The van der Waals surface area contributed by atoms with Gasteiger partial charge >= 0.3 is 0 Å². The van der Waals surface area contributed by atoms with E-state index in [0.717, 1.165) is 194 Å². The lowest BCUT2D eigenvalue weighted by atomic mass is 10.1. The number of hydrogen-bond acceptors (Lipinski definition) is 25. The number of likely N-dealkylation sites (N-methyl/N-ethyl adjacent to an activating group) is 3. The summed E-state index contributed by atoms with van der Waals surface area (Å²) in [4.78, 5) is 96.8. The summed E-state index contributed by atoms with van der Waals surface area (Å²) in [5, 5.41) is 51.8. The fourth-order valence-electron chi connectivity index (χ4n) is 18.4. The number of aromatic nitrogens is 20. The summed E-state index contributed by atoms with van der Waals surface area (Å²) in [6.07, 6.45) is 28.4. The maximum absolute atomic E-state index is 13.1. The Hall–Kier alpha value is -15.1. The molecule has 22 rings (SSSR count). The molecule has 0 spiro atoms. The number of anilines is 12. The Morgan fingerprint density at radius 2 is 0.689 bits per heavy atom. The van der Waals surface area contributed by atoms with E-state index in [1.807, 2.05) is 96.7 Å². The molecule has 678 valence electrons. The molecule has 7 atom stereocenters. The summed E-state index contributed by atoms with van der Waals surface area (Å²) < 4.78 is 6.99. The van der Waals surface area contributed by atoms with E-state index in [9.17, 15) is 14.4 Å². The number of nitrogens with one attached hydrogen (secondary N) is 13. The van der Waals surface area contributed by atoms with E-state index in [1.54, 1.807) is 59.0 Å². The molecular weight excluding hydrogens is 1660 g/mol. The lowest BCUT2D eigenvalue weighted by Crippen LogP contribution is -2.49. The summed E-state index contributed by atoms with van der Waals surface area (Å²) in [6.45, 7) is 18.3. The van der Waals surface area contributed by atoms with Crippen molar-refractivity contribution in [3.8, 4) is 0 Å². The summed E-state index contributed by atoms with van der Waals surface area (Å²) in [6, 6.07) is 42.3. The molecule has 12 aromatic heterocycles. The second-order valence-corrected chi connectivity index (χ2v) is 35.0. The van der Waals surface area contributed by atoms with Crippen LogP contribution in [0.3, 0.4) is 0 Å². The molecule has 36 heteroatoms. The smallest absolute Gasteiger partial charge is 0.247 e. The number of piperazine rings is 2. The van der Waals surface area contributed by atoms with Gasteiger partial charge < -0.3 is 87.4 Å². The van der Waals surface area contributed by atoms with Gasteiger partial charge in [-0.05, 0) is 176 Å². The van der Waals surface area contributed by atoms with E-state index >= 15 is 0 Å². The quantitative estimate of drug-likeness (QED) is 0.0283. The number of amides is 3. The van der Waals surface area contributed by atoms with Crippen molar-refractivity contribution >= 4 is 132 Å². The number of hydrogen-bond donors (Lipinski definition) is 13. The molecule has 2 aliphatic heterocycles. The summed E-state index contributed by atoms with van der Waals surface area (Å²) in [5.74, 6) is 5.22. The molecule has 14 heterocycles. The molecule has 0 radical (unpaired) electrons. The Balaban J connectivity index is 0.000000114. The third-order valence-corrected chi connectivity index (χ3v) is 26.0. The van der Waals surface area contributed by atoms with Crippen molar-refractivity contribution in [1.29, 1.82) is 0 Å². The zero-order chi connectivity index (χ0) is 90.6. The lowest BCUT2D eigenvalue weighted by Gasteiger charge is -2.34. The minimum Gasteiger partial charge on any atom is -0.363 e. The number of H-pyrrole nitrogens is 4. The van der Waals surface area contributed by atoms with Gasteiger partial charge in [0.2, 0.25) is 41.5 Å². The van der Waals surface area contributed by atoms with Crippen LogP contribution in [0.25, 0.3) is 44.1 Å². The van der Waals surface area contributed by atoms with Crippen LogP contribution in [-0.4, -0.2) is 210 Å². The first kappa shape index (κ1) is 86.3. The lowest BCUT2D eigenvalue weighted by molar-refractivity contribution is -0.136. The van der Waals surface area contributed by atoms with Crippen molar-refractivity contribution in [1.82, 2.24) is 124 Å². The SMILES string of the molecule is CC(C(=O)N1CCN(C)CC1)n1cc(Nc2nc(N[C@H]3CCc4ccccc43)c3cc[nH]c3n2)cn1.CC(C)n1cc(Nc2nc(N[C@H]3CCc4ccccc43)c3cc[nH]c3n2)cn1.CNC(=O)C(C)n1cc(Nc2nc(N[C@H]3CCc4ccccc43)c3cc[nH]c3n2)cn1.Cc1c(Nc2nc(N[C@H]3CCc4ccccc43)c3cc[nH]c3n2)cnn1C(C)C(=O)N1CCN(C)CC1. The molecule has 0 saturated carbocycles. The van der Waals surface area contributed by atoms with Crippen molar-refractivity contribution < 1.29 is 14.4 Å². The molecule has 16 aromatic rings. The third-order valence-electron chi connectivity index (χ3n) is 26.0. The van der Waals surface area contributed by atoms with Gasteiger partial charge in [-0.2, -0.15) is 60.3 Å². The number of carbonyl (C=O) groups is 3. The highest BCUT2D eigenvalue weighted by Gasteiger charge is 2.33. The molecule has 4 aromatic carbocycles. The molecule has 132 heavy (non-hydrogen) atoms. The first-order valence-electron chi connectivity index (χ1n) is 45.5. The number of aryl methyl sites for hydroxylation is 4. The van der Waals surface area contributed by atoms with Crippen molar-refractivity contribution in [3.05, 3.63) is 240 Å². The van der Waals surface area contributed by atoms with Crippen LogP contribution in [0.15, 0.2) is 189 Å². The first-order chi connectivity index (χ1) is 64.3. The largest absolute Gasteiger partial charge is 0.363 e. The molecule has 0 bridgehead atoms. The molecule has 4 aliphatic carbocycles. The average molecular weight is 1780 g/mol. The van der Waals surface area contributed by atoms with E-state index in [2.05, 4.69) is 243 Å². The highest BCUT2D eigenvalue weighted by Crippen LogP contribution is 2.41. The molecule has 2 fully saturated rings. The summed E-state index contributed by atoms with van der Waals surface area (Å²) in [7, 11) is 5.77. The highest BCUT2D eigenvalue weighted by atomic mass is 16.2. The van der Waals surface area contributed by atoms with Crippen LogP contribution in [-0.2, 0) is 40.1 Å². The number of nitrogens with zero attached hydrogens (tertiary/aromatic N) is 20. The highest BCUT2D eigenvalue weighted by molar-refractivity contribution is 5.92. The maximum Gasteiger partial charge on any atom is 0.247 e. The predicted octanol–water partition coefficient (Wildman–Crippen LogP) is 14.9. The molecule has 13 N–H and O–H groups in total. The summed E-state index contributed by atoms with van der Waals surface area (Å²) >= 11 is 0. The Morgan fingerprint density at radius 3 is 1.03 bits per heavy atom. The number of fused-ring (bicyclic) bond motifs is 8. The minimum atomic E-state index is -0.410. The molecule has 36 nitrogen and oxygen atoms in total. The zero-order valence-corrected chi connectivity index (χ0v) is 75.5. The van der Waals surface area contributed by atoms with E-state index in [1.165, 1.54) is 44.5 Å². The molecule has 2 saturated heterocycles. The fourth-order valence-corrected chi connectivity index (χ4v) is 18.4. The molecular formula is C96H111N33O3. The van der Waals surface area contributed by atoms with Gasteiger partial charge in [-0.1, -0.05) is 97.1 Å². The van der Waals surface area contributed by atoms with Gasteiger partial charge in [0, 0.05) is 109 Å². The van der Waals surface area contributed by atoms with E-state index in [-0.39, 0.29) is 54.0 Å². The van der Waals surface area contributed by atoms with Gasteiger partial charge in [-0.15, -0.1) is 0 Å². The van der Waals surface area contributed by atoms with Crippen molar-refractivity contribution in [3.63, 3.8) is 0 Å². The van der Waals surface area contributed by atoms with Crippen LogP contribution in [0.1, 0.15) is 159 Å². The topological polar surface area (TPSA) is 410 Å². The summed E-state index contributed by atoms with van der Waals surface area (Å²) in [5.41, 5.74) is 17.9. The molecule has 3 unspecified atom stereocenters. The van der Waals surface area contributed by atoms with Gasteiger partial charge in [-0.25, -0.2) is 0 Å². The molecule has 6 aliphatic rings. The Bertz CT molecular complexity index is 6790.